The van der Waals surface area contributed by atoms with Gasteiger partial charge in [0.05, 0.1) is 18.6 Å². The van der Waals surface area contributed by atoms with Gasteiger partial charge in [0.2, 0.25) is 11.9 Å². The molecule has 1 aliphatic heterocycles. The van der Waals surface area contributed by atoms with E-state index in [1.165, 1.54) is 0 Å². The van der Waals surface area contributed by atoms with Gasteiger partial charge >= 0.3 is 0 Å². The lowest BCUT2D eigenvalue weighted by Gasteiger charge is -2.32. The number of amides is 1. The van der Waals surface area contributed by atoms with Crippen LogP contribution >= 0.6 is 0 Å². The quantitative estimate of drug-likeness (QED) is 0.871. The van der Waals surface area contributed by atoms with Gasteiger partial charge in [-0.05, 0) is 24.5 Å². The van der Waals surface area contributed by atoms with Gasteiger partial charge in [0.1, 0.15) is 0 Å². The molecule has 2 heterocycles. The Balaban J connectivity index is 1.64. The van der Waals surface area contributed by atoms with Gasteiger partial charge in [-0.15, -0.1) is 0 Å². The third-order valence-electron chi connectivity index (χ3n) is 4.33. The highest BCUT2D eigenvalue weighted by Crippen LogP contribution is 2.21. The Kier molecular flexibility index (Phi) is 5.38. The molecule has 0 aliphatic carbocycles. The molecule has 1 aromatic heterocycles. The van der Waals surface area contributed by atoms with Crippen molar-refractivity contribution in [1.82, 2.24) is 15.3 Å². The molecule has 1 amide bonds. The molecular weight excluding hydrogens is 304 g/mol. The summed E-state index contributed by atoms with van der Waals surface area (Å²) >= 11 is 0. The van der Waals surface area contributed by atoms with Gasteiger partial charge in [0, 0.05) is 25.5 Å². The molecule has 24 heavy (non-hydrogen) atoms. The topological polar surface area (TPSA) is 78.4 Å². The second kappa shape index (κ2) is 7.88. The van der Waals surface area contributed by atoms with E-state index in [0.29, 0.717) is 12.5 Å². The highest BCUT2D eigenvalue weighted by atomic mass is 16.3. The maximum absolute atomic E-state index is 12.6. The Labute approximate surface area is 141 Å². The molecule has 1 saturated heterocycles. The summed E-state index contributed by atoms with van der Waals surface area (Å²) in [5, 5.41) is 12.6. The molecule has 1 aromatic carbocycles. The van der Waals surface area contributed by atoms with Crippen molar-refractivity contribution in [3.05, 3.63) is 54.4 Å². The summed E-state index contributed by atoms with van der Waals surface area (Å²) in [5.41, 5.74) is 0.910. The van der Waals surface area contributed by atoms with Gasteiger partial charge < -0.3 is 15.3 Å². The molecule has 2 atom stereocenters. The lowest BCUT2D eigenvalue weighted by molar-refractivity contribution is -0.126. The van der Waals surface area contributed by atoms with Gasteiger partial charge in [0.15, 0.2) is 0 Å². The van der Waals surface area contributed by atoms with Crippen molar-refractivity contribution in [2.24, 2.45) is 5.92 Å². The van der Waals surface area contributed by atoms with Crippen molar-refractivity contribution < 1.29 is 9.90 Å². The van der Waals surface area contributed by atoms with Crippen molar-refractivity contribution >= 4 is 11.9 Å². The number of rotatable bonds is 5. The Hall–Kier alpha value is -2.47. The monoisotopic (exact) mass is 326 g/mol. The van der Waals surface area contributed by atoms with E-state index in [4.69, 9.17) is 0 Å². The number of aliphatic hydroxyl groups is 1. The highest BCUT2D eigenvalue weighted by molar-refractivity contribution is 5.80. The Morgan fingerprint density at radius 2 is 2.00 bits per heavy atom. The number of hydrogen-bond donors (Lipinski definition) is 2. The van der Waals surface area contributed by atoms with Crippen LogP contribution in [0.4, 0.5) is 5.95 Å². The van der Waals surface area contributed by atoms with Crippen LogP contribution in [0.1, 0.15) is 24.4 Å². The molecule has 0 spiro atoms. The zero-order chi connectivity index (χ0) is 16.8. The maximum atomic E-state index is 12.6. The number of benzene rings is 1. The van der Waals surface area contributed by atoms with Gasteiger partial charge in [-0.3, -0.25) is 4.79 Å². The van der Waals surface area contributed by atoms with Gasteiger partial charge in [0.25, 0.3) is 0 Å². The second-order valence-corrected chi connectivity index (χ2v) is 5.99. The van der Waals surface area contributed by atoms with Crippen LogP contribution in [0.3, 0.4) is 0 Å². The van der Waals surface area contributed by atoms with Gasteiger partial charge in [-0.2, -0.15) is 0 Å². The number of hydrogen-bond acceptors (Lipinski definition) is 5. The van der Waals surface area contributed by atoms with Gasteiger partial charge in [-0.1, -0.05) is 30.3 Å². The maximum Gasteiger partial charge on any atom is 0.225 e. The largest absolute Gasteiger partial charge is 0.394 e. The van der Waals surface area contributed by atoms with Crippen molar-refractivity contribution in [3.8, 4) is 0 Å². The minimum atomic E-state index is -0.373. The minimum Gasteiger partial charge on any atom is -0.394 e. The number of carbonyl (C=O) groups excluding carboxylic acids is 1. The van der Waals surface area contributed by atoms with Crippen LogP contribution in [0, 0.1) is 5.92 Å². The molecule has 3 rings (SSSR count). The molecule has 6 nitrogen and oxygen atoms in total. The molecule has 6 heteroatoms. The molecule has 0 bridgehead atoms. The standard InChI is InChI=1S/C18H22N4O2/c23-13-16(14-6-2-1-3-7-14)21-17(24)15-8-4-11-22(12-15)18-19-9-5-10-20-18/h1-3,5-7,9-10,15-16,23H,4,8,11-13H2,(H,21,24)/t15-,16-/m0/s1. The number of aromatic nitrogens is 2. The van der Waals surface area contributed by atoms with Crippen LogP contribution in [0.5, 0.6) is 0 Å². The van der Waals surface area contributed by atoms with Crippen LogP contribution < -0.4 is 10.2 Å². The van der Waals surface area contributed by atoms with Crippen molar-refractivity contribution in [1.29, 1.82) is 0 Å². The van der Waals surface area contributed by atoms with E-state index in [1.807, 2.05) is 35.2 Å². The predicted octanol–water partition coefficient (Wildman–Crippen LogP) is 1.54. The molecular formula is C18H22N4O2. The molecule has 2 N–H and O–H groups in total. The Morgan fingerprint density at radius 3 is 2.71 bits per heavy atom. The summed E-state index contributed by atoms with van der Waals surface area (Å²) in [7, 11) is 0. The third-order valence-corrected chi connectivity index (χ3v) is 4.33. The first-order valence-electron chi connectivity index (χ1n) is 8.26. The average molecular weight is 326 g/mol. The van der Waals surface area contributed by atoms with Crippen LogP contribution in [-0.4, -0.2) is 40.7 Å². The molecule has 2 aromatic rings. The SMILES string of the molecule is O=C(N[C@@H](CO)c1ccccc1)[C@H]1CCCN(c2ncccn2)C1. The smallest absolute Gasteiger partial charge is 0.225 e. The number of piperidine rings is 1. The molecule has 126 valence electrons. The summed E-state index contributed by atoms with van der Waals surface area (Å²) in [5.74, 6) is 0.510. The van der Waals surface area contributed by atoms with Crippen molar-refractivity contribution in [2.75, 3.05) is 24.6 Å². The summed E-state index contributed by atoms with van der Waals surface area (Å²) < 4.78 is 0. The summed E-state index contributed by atoms with van der Waals surface area (Å²) in [6, 6.07) is 10.9. The van der Waals surface area contributed by atoms with E-state index in [1.54, 1.807) is 18.5 Å². The van der Waals surface area contributed by atoms with Crippen LogP contribution in [0.25, 0.3) is 0 Å². The number of anilines is 1. The van der Waals surface area contributed by atoms with Crippen molar-refractivity contribution in [3.63, 3.8) is 0 Å². The van der Waals surface area contributed by atoms with E-state index >= 15 is 0 Å². The van der Waals surface area contributed by atoms with Crippen LogP contribution in [-0.2, 0) is 4.79 Å². The lowest BCUT2D eigenvalue weighted by Crippen LogP contribution is -2.45. The second-order valence-electron chi connectivity index (χ2n) is 5.99. The van der Waals surface area contributed by atoms with E-state index < -0.39 is 0 Å². The molecule has 0 radical (unpaired) electrons. The number of nitrogens with one attached hydrogen (secondary N) is 1. The number of aliphatic hydroxyl groups excluding tert-OH is 1. The molecule has 1 aliphatic rings. The molecule has 1 fully saturated rings. The number of carbonyl (C=O) groups is 1. The van der Waals surface area contributed by atoms with E-state index in [0.717, 1.165) is 24.9 Å². The molecule has 0 unspecified atom stereocenters. The Morgan fingerprint density at radius 1 is 1.25 bits per heavy atom. The number of nitrogens with zero attached hydrogens (tertiary/aromatic N) is 3. The van der Waals surface area contributed by atoms with Gasteiger partial charge in [-0.25, -0.2) is 9.97 Å². The first-order valence-corrected chi connectivity index (χ1v) is 8.26. The zero-order valence-corrected chi connectivity index (χ0v) is 13.5. The van der Waals surface area contributed by atoms with Crippen LogP contribution in [0.2, 0.25) is 0 Å². The minimum absolute atomic E-state index is 0.0291. The predicted molar refractivity (Wildman–Crippen MR) is 91.4 cm³/mol. The highest BCUT2D eigenvalue weighted by Gasteiger charge is 2.28. The van der Waals surface area contributed by atoms with E-state index in [-0.39, 0.29) is 24.5 Å². The first kappa shape index (κ1) is 16.4. The average Bonchev–Trinajstić information content (AvgIpc) is 2.67. The fraction of sp³-hybridized carbons (Fsp3) is 0.389. The fourth-order valence-electron chi connectivity index (χ4n) is 3.04. The van der Waals surface area contributed by atoms with Crippen LogP contribution in [0.15, 0.2) is 48.8 Å². The normalized spacial score (nSPS) is 18.9. The fourth-order valence-corrected chi connectivity index (χ4v) is 3.04. The van der Waals surface area contributed by atoms with E-state index in [2.05, 4.69) is 15.3 Å². The Bertz CT molecular complexity index is 651. The van der Waals surface area contributed by atoms with Crippen molar-refractivity contribution in [2.45, 2.75) is 18.9 Å². The first-order chi connectivity index (χ1) is 11.8. The molecule has 0 saturated carbocycles. The zero-order valence-electron chi connectivity index (χ0n) is 13.5. The van der Waals surface area contributed by atoms with E-state index in [9.17, 15) is 9.90 Å². The summed E-state index contributed by atoms with van der Waals surface area (Å²) in [4.78, 5) is 23.2. The third kappa shape index (κ3) is 3.89. The summed E-state index contributed by atoms with van der Waals surface area (Å²) in [6.07, 6.45) is 5.18. The lowest BCUT2D eigenvalue weighted by atomic mass is 9.96. The summed E-state index contributed by atoms with van der Waals surface area (Å²) in [6.45, 7) is 1.34.